The molecule has 24 heavy (non-hydrogen) atoms. The number of hydrogen-bond donors (Lipinski definition) is 1. The summed E-state index contributed by atoms with van der Waals surface area (Å²) < 4.78 is 0. The molecule has 6 aliphatic rings. The molecule has 3 heteroatoms. The van der Waals surface area contributed by atoms with Crippen molar-refractivity contribution in [2.24, 2.45) is 40.9 Å². The van der Waals surface area contributed by atoms with Crippen molar-refractivity contribution >= 4 is 11.6 Å². The number of Topliss-reactive ketones (excluding diaryl/α,β-unsaturated/α-hetero) is 2. The Morgan fingerprint density at radius 1 is 1.00 bits per heavy atom. The lowest BCUT2D eigenvalue weighted by Crippen LogP contribution is -2.46. The molecule has 1 N–H and O–H groups in total. The number of carbonyl (C=O) groups excluding carboxylic acids is 2. The zero-order chi connectivity index (χ0) is 16.5. The smallest absolute Gasteiger partial charge is 0.138 e. The van der Waals surface area contributed by atoms with Gasteiger partial charge in [-0.25, -0.2) is 0 Å². The molecule has 0 radical (unpaired) electrons. The van der Waals surface area contributed by atoms with Crippen LogP contribution >= 0.6 is 0 Å². The monoisotopic (exact) mass is 330 g/mol. The van der Waals surface area contributed by atoms with Crippen molar-refractivity contribution in [2.45, 2.75) is 76.7 Å². The molecule has 132 valence electrons. The van der Waals surface area contributed by atoms with E-state index in [2.05, 4.69) is 0 Å². The third-order valence-electron chi connectivity index (χ3n) is 8.42. The summed E-state index contributed by atoms with van der Waals surface area (Å²) in [6, 6.07) is 0. The highest BCUT2D eigenvalue weighted by atomic mass is 16.3. The summed E-state index contributed by atoms with van der Waals surface area (Å²) in [5.41, 5.74) is 0.443. The number of aliphatic hydroxyl groups is 1. The Hall–Kier alpha value is -0.700. The molecule has 4 bridgehead atoms. The molecule has 3 nitrogen and oxygen atoms in total. The van der Waals surface area contributed by atoms with Gasteiger partial charge in [-0.15, -0.1) is 0 Å². The van der Waals surface area contributed by atoms with Crippen LogP contribution in [0.1, 0.15) is 70.6 Å². The van der Waals surface area contributed by atoms with Gasteiger partial charge in [-0.3, -0.25) is 9.59 Å². The Bertz CT molecular complexity index is 530. The van der Waals surface area contributed by atoms with Crippen LogP contribution in [0.25, 0.3) is 0 Å². The predicted molar refractivity (Wildman–Crippen MR) is 90.2 cm³/mol. The van der Waals surface area contributed by atoms with Crippen molar-refractivity contribution in [1.82, 2.24) is 0 Å². The summed E-state index contributed by atoms with van der Waals surface area (Å²) in [5.74, 6) is 3.55. The molecule has 0 heterocycles. The first-order valence-electron chi connectivity index (χ1n) is 10.2. The number of rotatable bonds is 4. The van der Waals surface area contributed by atoms with E-state index in [1.807, 2.05) is 0 Å². The third-order valence-corrected chi connectivity index (χ3v) is 8.42. The highest BCUT2D eigenvalue weighted by Crippen LogP contribution is 2.61. The molecule has 0 aromatic rings. The average Bonchev–Trinajstić information content (AvgIpc) is 2.98. The van der Waals surface area contributed by atoms with Crippen LogP contribution < -0.4 is 0 Å². The Morgan fingerprint density at radius 2 is 1.62 bits per heavy atom. The van der Waals surface area contributed by atoms with Gasteiger partial charge in [0.05, 0.1) is 6.10 Å². The van der Waals surface area contributed by atoms with E-state index >= 15 is 0 Å². The lowest BCUT2D eigenvalue weighted by Gasteiger charge is -2.57. The molecule has 0 aromatic carbocycles. The first-order chi connectivity index (χ1) is 11.5. The van der Waals surface area contributed by atoms with E-state index in [4.69, 9.17) is 0 Å². The lowest BCUT2D eigenvalue weighted by molar-refractivity contribution is -0.129. The average molecular weight is 330 g/mol. The number of aliphatic hydroxyl groups excluding tert-OH is 1. The van der Waals surface area contributed by atoms with E-state index in [0.29, 0.717) is 36.9 Å². The van der Waals surface area contributed by atoms with Crippen LogP contribution in [0.3, 0.4) is 0 Å². The summed E-state index contributed by atoms with van der Waals surface area (Å²) in [6.45, 7) is 0. The maximum atomic E-state index is 12.9. The lowest BCUT2D eigenvalue weighted by atomic mass is 9.48. The fourth-order valence-corrected chi connectivity index (χ4v) is 7.98. The maximum absolute atomic E-state index is 12.9. The van der Waals surface area contributed by atoms with Crippen molar-refractivity contribution in [2.75, 3.05) is 0 Å². The van der Waals surface area contributed by atoms with Gasteiger partial charge in [0, 0.05) is 25.2 Å². The molecule has 4 atom stereocenters. The SMILES string of the molecule is O=C1C[C@@H]2C[C@@H](O)[C@H](C(=O)CCC34CC5CC(CC(C5)C3)C4)[C@@H]2C1. The zero-order valence-electron chi connectivity index (χ0n) is 14.6. The van der Waals surface area contributed by atoms with Gasteiger partial charge in [0.15, 0.2) is 0 Å². The van der Waals surface area contributed by atoms with Crippen molar-refractivity contribution in [3.8, 4) is 0 Å². The molecule has 0 spiro atoms. The minimum absolute atomic E-state index is 0.149. The van der Waals surface area contributed by atoms with Crippen LogP contribution in [-0.4, -0.2) is 22.8 Å². The standard InChI is InChI=1S/C21H30O3/c22-16-6-15-7-19(24)20(17(15)8-16)18(23)1-2-21-9-12-3-13(10-21)5-14(4-12)11-21/h12-15,17,19-20,24H,1-11H2/t12?,13?,14?,15-,17-,19-,20+,21?/m1/s1. The molecule has 6 aliphatic carbocycles. The molecule has 6 saturated carbocycles. The second-order valence-electron chi connectivity index (χ2n) is 10.1. The van der Waals surface area contributed by atoms with Crippen LogP contribution in [-0.2, 0) is 9.59 Å². The highest BCUT2D eigenvalue weighted by molar-refractivity contribution is 5.86. The van der Waals surface area contributed by atoms with Crippen molar-refractivity contribution in [1.29, 1.82) is 0 Å². The summed E-state index contributed by atoms with van der Waals surface area (Å²) >= 11 is 0. The highest BCUT2D eigenvalue weighted by Gasteiger charge is 2.53. The molecule has 0 aromatic heterocycles. The van der Waals surface area contributed by atoms with E-state index < -0.39 is 6.10 Å². The topological polar surface area (TPSA) is 54.4 Å². The number of carbonyl (C=O) groups is 2. The van der Waals surface area contributed by atoms with Crippen LogP contribution in [0.2, 0.25) is 0 Å². The second kappa shape index (κ2) is 5.40. The van der Waals surface area contributed by atoms with E-state index in [1.165, 1.54) is 38.5 Å². The van der Waals surface area contributed by atoms with Crippen LogP contribution in [0.4, 0.5) is 0 Å². The first-order valence-corrected chi connectivity index (χ1v) is 10.2. The van der Waals surface area contributed by atoms with Crippen molar-refractivity contribution in [3.05, 3.63) is 0 Å². The number of fused-ring (bicyclic) bond motifs is 1. The summed E-state index contributed by atoms with van der Waals surface area (Å²) in [6.07, 6.45) is 11.4. The summed E-state index contributed by atoms with van der Waals surface area (Å²) in [4.78, 5) is 24.7. The molecule has 6 rings (SSSR count). The summed E-state index contributed by atoms with van der Waals surface area (Å²) in [5, 5.41) is 10.4. The minimum atomic E-state index is -0.489. The van der Waals surface area contributed by atoms with Gasteiger partial charge in [-0.1, -0.05) is 0 Å². The molecule has 0 unspecified atom stereocenters. The number of ketones is 2. The van der Waals surface area contributed by atoms with Gasteiger partial charge in [-0.05, 0) is 86.4 Å². The summed E-state index contributed by atoms with van der Waals surface area (Å²) in [7, 11) is 0. The second-order valence-corrected chi connectivity index (χ2v) is 10.1. The van der Waals surface area contributed by atoms with E-state index in [0.717, 1.165) is 24.2 Å². The maximum Gasteiger partial charge on any atom is 0.138 e. The molecular weight excluding hydrogens is 300 g/mol. The fourth-order valence-electron chi connectivity index (χ4n) is 7.98. The first kappa shape index (κ1) is 15.5. The molecule has 0 amide bonds. The Labute approximate surface area is 144 Å². The molecule has 0 saturated heterocycles. The van der Waals surface area contributed by atoms with Crippen LogP contribution in [0.5, 0.6) is 0 Å². The normalized spacial score (nSPS) is 52.0. The van der Waals surface area contributed by atoms with Gasteiger partial charge < -0.3 is 5.11 Å². The molecule has 6 fully saturated rings. The largest absolute Gasteiger partial charge is 0.392 e. The third kappa shape index (κ3) is 2.41. The van der Waals surface area contributed by atoms with E-state index in [-0.39, 0.29) is 23.5 Å². The van der Waals surface area contributed by atoms with Gasteiger partial charge in [-0.2, -0.15) is 0 Å². The predicted octanol–water partition coefficient (Wildman–Crippen LogP) is 3.53. The Morgan fingerprint density at radius 3 is 2.25 bits per heavy atom. The van der Waals surface area contributed by atoms with E-state index in [1.54, 1.807) is 0 Å². The Balaban J connectivity index is 1.25. The minimum Gasteiger partial charge on any atom is -0.392 e. The van der Waals surface area contributed by atoms with Gasteiger partial charge in [0.25, 0.3) is 0 Å². The van der Waals surface area contributed by atoms with Gasteiger partial charge in [0.1, 0.15) is 11.6 Å². The van der Waals surface area contributed by atoms with Gasteiger partial charge in [0.2, 0.25) is 0 Å². The zero-order valence-corrected chi connectivity index (χ0v) is 14.6. The number of hydrogen-bond acceptors (Lipinski definition) is 3. The van der Waals surface area contributed by atoms with Crippen molar-refractivity contribution < 1.29 is 14.7 Å². The van der Waals surface area contributed by atoms with Crippen LogP contribution in [0, 0.1) is 40.9 Å². The van der Waals surface area contributed by atoms with Crippen molar-refractivity contribution in [3.63, 3.8) is 0 Å². The quantitative estimate of drug-likeness (QED) is 0.858. The van der Waals surface area contributed by atoms with Crippen LogP contribution in [0.15, 0.2) is 0 Å². The van der Waals surface area contributed by atoms with Gasteiger partial charge >= 0.3 is 0 Å². The Kier molecular flexibility index (Phi) is 3.50. The molecule has 0 aliphatic heterocycles. The molecular formula is C21H30O3. The fraction of sp³-hybridized carbons (Fsp3) is 0.905. The van der Waals surface area contributed by atoms with E-state index in [9.17, 15) is 14.7 Å².